The second-order valence-corrected chi connectivity index (χ2v) is 5.82. The fourth-order valence-corrected chi connectivity index (χ4v) is 2.76. The number of aliphatic hydroxyl groups excluding tert-OH is 1. The highest BCUT2D eigenvalue weighted by Gasteiger charge is 2.14. The van der Waals surface area contributed by atoms with Crippen molar-refractivity contribution in [3.8, 4) is 0 Å². The van der Waals surface area contributed by atoms with Gasteiger partial charge in [0.1, 0.15) is 0 Å². The fourth-order valence-electron chi connectivity index (χ4n) is 1.70. The lowest BCUT2D eigenvalue weighted by atomic mass is 10.3. The van der Waals surface area contributed by atoms with E-state index in [2.05, 4.69) is 4.90 Å². The van der Waals surface area contributed by atoms with E-state index < -0.39 is 9.84 Å². The number of hydrogen-bond acceptors (Lipinski definition) is 4. The molecule has 0 fully saturated rings. The van der Waals surface area contributed by atoms with Gasteiger partial charge >= 0.3 is 0 Å². The molecule has 1 N–H and O–H groups in total. The number of rotatable bonds is 6. The molecule has 1 aromatic carbocycles. The van der Waals surface area contributed by atoms with Crippen molar-refractivity contribution in [3.63, 3.8) is 0 Å². The Kier molecular flexibility index (Phi) is 4.96. The van der Waals surface area contributed by atoms with E-state index in [0.29, 0.717) is 0 Å². The lowest BCUT2D eigenvalue weighted by molar-refractivity contribution is 0.319. The van der Waals surface area contributed by atoms with Gasteiger partial charge in [-0.15, -0.1) is 0 Å². The van der Waals surface area contributed by atoms with E-state index in [1.807, 2.05) is 19.9 Å². The van der Waals surface area contributed by atoms with Crippen LogP contribution in [0.15, 0.2) is 29.2 Å². The van der Waals surface area contributed by atoms with Gasteiger partial charge in [0.05, 0.1) is 17.3 Å². The van der Waals surface area contributed by atoms with Crippen LogP contribution in [0.25, 0.3) is 0 Å². The normalized spacial score (nSPS) is 11.5. The van der Waals surface area contributed by atoms with E-state index in [9.17, 15) is 8.42 Å². The Balaban J connectivity index is 3.09. The van der Waals surface area contributed by atoms with E-state index in [-0.39, 0.29) is 17.3 Å². The standard InChI is InChI=1S/C12H19NO3S/c1-3-13(4-2)11-6-5-7-12(10-11)17(15,16)9-8-14/h5-7,10,14H,3-4,8-9H2,1-2H3. The van der Waals surface area contributed by atoms with E-state index in [0.717, 1.165) is 18.8 Å². The summed E-state index contributed by atoms with van der Waals surface area (Å²) in [6.07, 6.45) is 0. The molecule has 0 aliphatic carbocycles. The first kappa shape index (κ1) is 14.0. The number of benzene rings is 1. The molecule has 96 valence electrons. The summed E-state index contributed by atoms with van der Waals surface area (Å²) in [4.78, 5) is 2.36. The number of anilines is 1. The Morgan fingerprint density at radius 3 is 2.41 bits per heavy atom. The minimum Gasteiger partial charge on any atom is -0.395 e. The Bertz CT molecular complexity index is 453. The molecule has 0 saturated carbocycles. The van der Waals surface area contributed by atoms with Crippen LogP contribution in [0.5, 0.6) is 0 Å². The van der Waals surface area contributed by atoms with Crippen molar-refractivity contribution < 1.29 is 13.5 Å². The molecular weight excluding hydrogens is 238 g/mol. The summed E-state index contributed by atoms with van der Waals surface area (Å²) in [6.45, 7) is 5.37. The topological polar surface area (TPSA) is 57.6 Å². The van der Waals surface area contributed by atoms with Crippen molar-refractivity contribution in [1.82, 2.24) is 0 Å². The van der Waals surface area contributed by atoms with Crippen LogP contribution in [-0.4, -0.2) is 39.0 Å². The third kappa shape index (κ3) is 3.44. The molecule has 4 nitrogen and oxygen atoms in total. The van der Waals surface area contributed by atoms with Gasteiger partial charge in [0, 0.05) is 18.8 Å². The van der Waals surface area contributed by atoms with Gasteiger partial charge in [0.25, 0.3) is 0 Å². The predicted octanol–water partition coefficient (Wildman–Crippen LogP) is 1.30. The average Bonchev–Trinajstić information content (AvgIpc) is 2.31. The highest BCUT2D eigenvalue weighted by molar-refractivity contribution is 7.91. The average molecular weight is 257 g/mol. The van der Waals surface area contributed by atoms with E-state index >= 15 is 0 Å². The summed E-state index contributed by atoms with van der Waals surface area (Å²) in [6, 6.07) is 6.86. The summed E-state index contributed by atoms with van der Waals surface area (Å²) in [5, 5.41) is 8.74. The number of aliphatic hydroxyl groups is 1. The maximum Gasteiger partial charge on any atom is 0.180 e. The van der Waals surface area contributed by atoms with Gasteiger partial charge in [0.15, 0.2) is 9.84 Å². The molecule has 0 aliphatic heterocycles. The van der Waals surface area contributed by atoms with Gasteiger partial charge in [0.2, 0.25) is 0 Å². The molecule has 0 spiro atoms. The monoisotopic (exact) mass is 257 g/mol. The maximum atomic E-state index is 11.8. The van der Waals surface area contributed by atoms with Gasteiger partial charge in [-0.05, 0) is 32.0 Å². The van der Waals surface area contributed by atoms with Crippen LogP contribution in [0.1, 0.15) is 13.8 Å². The van der Waals surface area contributed by atoms with Crippen LogP contribution < -0.4 is 4.90 Å². The molecular formula is C12H19NO3S. The summed E-state index contributed by atoms with van der Waals surface area (Å²) in [7, 11) is -3.36. The quantitative estimate of drug-likeness (QED) is 0.834. The minimum atomic E-state index is -3.36. The molecule has 5 heteroatoms. The first-order chi connectivity index (χ1) is 8.05. The zero-order chi connectivity index (χ0) is 12.9. The lowest BCUT2D eigenvalue weighted by Gasteiger charge is -2.21. The van der Waals surface area contributed by atoms with Crippen molar-refractivity contribution >= 4 is 15.5 Å². The van der Waals surface area contributed by atoms with E-state index in [4.69, 9.17) is 5.11 Å². The molecule has 0 heterocycles. The van der Waals surface area contributed by atoms with Gasteiger partial charge < -0.3 is 10.0 Å². The molecule has 0 bridgehead atoms. The molecule has 0 unspecified atom stereocenters. The van der Waals surface area contributed by atoms with E-state index in [1.54, 1.807) is 18.2 Å². The largest absolute Gasteiger partial charge is 0.395 e. The molecule has 0 aliphatic rings. The Labute approximate surface area is 103 Å². The molecule has 1 aromatic rings. The van der Waals surface area contributed by atoms with Gasteiger partial charge in [-0.1, -0.05) is 6.07 Å². The smallest absolute Gasteiger partial charge is 0.180 e. The molecule has 0 aromatic heterocycles. The van der Waals surface area contributed by atoms with Crippen LogP contribution in [0.4, 0.5) is 5.69 Å². The summed E-state index contributed by atoms with van der Waals surface area (Å²) >= 11 is 0. The van der Waals surface area contributed by atoms with E-state index in [1.165, 1.54) is 0 Å². The Morgan fingerprint density at radius 1 is 1.24 bits per heavy atom. The molecule has 0 radical (unpaired) electrons. The van der Waals surface area contributed by atoms with Crippen LogP contribution in [-0.2, 0) is 9.84 Å². The van der Waals surface area contributed by atoms with Gasteiger partial charge in [-0.25, -0.2) is 8.42 Å². The first-order valence-electron chi connectivity index (χ1n) is 5.73. The molecule has 0 saturated heterocycles. The summed E-state index contributed by atoms with van der Waals surface area (Å²) in [5.74, 6) is -0.227. The summed E-state index contributed by atoms with van der Waals surface area (Å²) < 4.78 is 23.6. The number of sulfone groups is 1. The van der Waals surface area contributed by atoms with Gasteiger partial charge in [-0.2, -0.15) is 0 Å². The fraction of sp³-hybridized carbons (Fsp3) is 0.500. The molecule has 0 atom stereocenters. The van der Waals surface area contributed by atoms with Crippen LogP contribution >= 0.6 is 0 Å². The highest BCUT2D eigenvalue weighted by atomic mass is 32.2. The zero-order valence-electron chi connectivity index (χ0n) is 10.3. The van der Waals surface area contributed by atoms with Crippen molar-refractivity contribution in [2.45, 2.75) is 18.7 Å². The van der Waals surface area contributed by atoms with Gasteiger partial charge in [-0.3, -0.25) is 0 Å². The van der Waals surface area contributed by atoms with Crippen molar-refractivity contribution in [2.75, 3.05) is 30.3 Å². The predicted molar refractivity (Wildman–Crippen MR) is 69.1 cm³/mol. The lowest BCUT2D eigenvalue weighted by Crippen LogP contribution is -2.22. The second-order valence-electron chi connectivity index (χ2n) is 3.71. The van der Waals surface area contributed by atoms with Crippen molar-refractivity contribution in [1.29, 1.82) is 0 Å². The van der Waals surface area contributed by atoms with Crippen LogP contribution in [0.3, 0.4) is 0 Å². The van der Waals surface area contributed by atoms with Crippen LogP contribution in [0, 0.1) is 0 Å². The molecule has 17 heavy (non-hydrogen) atoms. The minimum absolute atomic E-state index is 0.227. The first-order valence-corrected chi connectivity index (χ1v) is 7.39. The third-order valence-electron chi connectivity index (χ3n) is 2.67. The third-order valence-corrected chi connectivity index (χ3v) is 4.36. The second kappa shape index (κ2) is 6.02. The van der Waals surface area contributed by atoms with Crippen molar-refractivity contribution in [2.24, 2.45) is 0 Å². The molecule has 1 rings (SSSR count). The van der Waals surface area contributed by atoms with Crippen LogP contribution in [0.2, 0.25) is 0 Å². The highest BCUT2D eigenvalue weighted by Crippen LogP contribution is 2.20. The number of hydrogen-bond donors (Lipinski definition) is 1. The summed E-state index contributed by atoms with van der Waals surface area (Å²) in [5.41, 5.74) is 0.897. The zero-order valence-corrected chi connectivity index (χ0v) is 11.1. The van der Waals surface area contributed by atoms with Crippen molar-refractivity contribution in [3.05, 3.63) is 24.3 Å². The Hall–Kier alpha value is -1.07. The Morgan fingerprint density at radius 2 is 1.88 bits per heavy atom. The maximum absolute atomic E-state index is 11.8. The number of nitrogens with zero attached hydrogens (tertiary/aromatic N) is 1. The SMILES string of the molecule is CCN(CC)c1cccc(S(=O)(=O)CCO)c1. The molecule has 0 amide bonds.